The van der Waals surface area contributed by atoms with Crippen LogP contribution < -0.4 is 10.1 Å². The van der Waals surface area contributed by atoms with Crippen molar-refractivity contribution in [3.05, 3.63) is 52.3 Å². The zero-order valence-corrected chi connectivity index (χ0v) is 13.1. The van der Waals surface area contributed by atoms with Crippen molar-refractivity contribution >= 4 is 29.2 Å². The summed E-state index contributed by atoms with van der Waals surface area (Å²) in [4.78, 5) is 21.7. The van der Waals surface area contributed by atoms with Crippen LogP contribution >= 0.6 is 11.6 Å². The Morgan fingerprint density at radius 3 is 2.30 bits per heavy atom. The van der Waals surface area contributed by atoms with Crippen LogP contribution in [-0.4, -0.2) is 17.0 Å². The second kappa shape index (κ2) is 6.66. The summed E-state index contributed by atoms with van der Waals surface area (Å²) in [6, 6.07) is 7.16. The number of anilines is 1. The third-order valence-electron chi connectivity index (χ3n) is 3.02. The van der Waals surface area contributed by atoms with Gasteiger partial charge in [-0.2, -0.15) is 0 Å². The molecule has 2 N–H and O–H groups in total. The summed E-state index contributed by atoms with van der Waals surface area (Å²) in [6.07, 6.45) is 0. The number of carbonyl (C=O) groups is 2. The molecule has 0 aliphatic heterocycles. The van der Waals surface area contributed by atoms with E-state index in [2.05, 4.69) is 5.32 Å². The summed E-state index contributed by atoms with van der Waals surface area (Å²) in [5.41, 5.74) is 1.69. The molecule has 0 heterocycles. The van der Waals surface area contributed by atoms with Crippen LogP contribution in [0.15, 0.2) is 30.3 Å². The van der Waals surface area contributed by atoms with Crippen LogP contribution in [-0.2, 0) is 9.59 Å². The molecule has 5 nitrogen and oxygen atoms in total. The van der Waals surface area contributed by atoms with Gasteiger partial charge in [-0.3, -0.25) is 4.79 Å². The Morgan fingerprint density at radius 2 is 1.78 bits per heavy atom. The number of carboxylic acids is 1. The average molecular weight is 338 g/mol. The first-order valence-corrected chi connectivity index (χ1v) is 6.94. The van der Waals surface area contributed by atoms with Gasteiger partial charge in [-0.05, 0) is 49.2 Å². The van der Waals surface area contributed by atoms with Crippen molar-refractivity contribution in [3.63, 3.8) is 0 Å². The highest BCUT2D eigenvalue weighted by Gasteiger charge is 2.14. The van der Waals surface area contributed by atoms with Gasteiger partial charge in [0, 0.05) is 11.8 Å². The van der Waals surface area contributed by atoms with Gasteiger partial charge in [0.15, 0.2) is 0 Å². The lowest BCUT2D eigenvalue weighted by atomic mass is 10.1. The van der Waals surface area contributed by atoms with Gasteiger partial charge in [0.2, 0.25) is 0 Å². The first kappa shape index (κ1) is 16.8. The molecular weight excluding hydrogens is 325 g/mol. The van der Waals surface area contributed by atoms with Gasteiger partial charge in [-0.15, -0.1) is 0 Å². The Kier molecular flexibility index (Phi) is 4.86. The molecule has 0 bridgehead atoms. The van der Waals surface area contributed by atoms with E-state index in [1.807, 2.05) is 0 Å². The van der Waals surface area contributed by atoms with E-state index in [9.17, 15) is 14.0 Å². The number of nitrogens with one attached hydrogen (secondary N) is 1. The Hall–Kier alpha value is -2.60. The van der Waals surface area contributed by atoms with E-state index in [1.165, 1.54) is 18.2 Å². The zero-order valence-electron chi connectivity index (χ0n) is 12.3. The van der Waals surface area contributed by atoms with Crippen molar-refractivity contribution in [1.82, 2.24) is 0 Å². The van der Waals surface area contributed by atoms with Gasteiger partial charge >= 0.3 is 11.9 Å². The SMILES string of the molecule is Cc1cc(NC(=O)C(=O)O)cc(C)c1Oc1ccc(F)c(Cl)c1. The van der Waals surface area contributed by atoms with Gasteiger partial charge in [-0.25, -0.2) is 9.18 Å². The van der Waals surface area contributed by atoms with Crippen LogP contribution in [0, 0.1) is 19.7 Å². The Balaban J connectivity index is 2.28. The Bertz CT molecular complexity index is 769. The smallest absolute Gasteiger partial charge is 0.394 e. The van der Waals surface area contributed by atoms with Crippen LogP contribution in [0.3, 0.4) is 0 Å². The maximum Gasteiger partial charge on any atom is 0.394 e. The van der Waals surface area contributed by atoms with Crippen molar-refractivity contribution in [2.45, 2.75) is 13.8 Å². The van der Waals surface area contributed by atoms with E-state index in [4.69, 9.17) is 21.4 Å². The van der Waals surface area contributed by atoms with Gasteiger partial charge in [0.05, 0.1) is 5.02 Å². The molecule has 7 heteroatoms. The summed E-state index contributed by atoms with van der Waals surface area (Å²) in [7, 11) is 0. The third kappa shape index (κ3) is 3.98. The van der Waals surface area contributed by atoms with Crippen LogP contribution in [0.2, 0.25) is 5.02 Å². The molecule has 2 aromatic carbocycles. The summed E-state index contributed by atoms with van der Waals surface area (Å²) < 4.78 is 18.9. The first-order valence-electron chi connectivity index (χ1n) is 6.56. The van der Waals surface area contributed by atoms with E-state index in [0.717, 1.165) is 0 Å². The van der Waals surface area contributed by atoms with E-state index in [1.54, 1.807) is 26.0 Å². The van der Waals surface area contributed by atoms with E-state index >= 15 is 0 Å². The molecule has 120 valence electrons. The Morgan fingerprint density at radius 1 is 1.17 bits per heavy atom. The number of carbonyl (C=O) groups excluding carboxylic acids is 1. The molecule has 1 amide bonds. The van der Waals surface area contributed by atoms with E-state index < -0.39 is 17.7 Å². The van der Waals surface area contributed by atoms with Crippen LogP contribution in [0.5, 0.6) is 11.5 Å². The number of aryl methyl sites for hydroxylation is 2. The normalized spacial score (nSPS) is 10.3. The molecule has 0 atom stereocenters. The number of benzene rings is 2. The molecular formula is C16H13ClFNO4. The van der Waals surface area contributed by atoms with Crippen LogP contribution in [0.4, 0.5) is 10.1 Å². The Labute approximate surface area is 136 Å². The number of aliphatic carboxylic acids is 1. The summed E-state index contributed by atoms with van der Waals surface area (Å²) >= 11 is 5.71. The van der Waals surface area contributed by atoms with Crippen molar-refractivity contribution in [2.24, 2.45) is 0 Å². The molecule has 2 aromatic rings. The predicted molar refractivity (Wildman–Crippen MR) is 83.7 cm³/mol. The molecule has 0 unspecified atom stereocenters. The van der Waals surface area contributed by atoms with Gasteiger partial charge in [0.1, 0.15) is 17.3 Å². The van der Waals surface area contributed by atoms with Gasteiger partial charge < -0.3 is 15.2 Å². The highest BCUT2D eigenvalue weighted by molar-refractivity contribution is 6.36. The van der Waals surface area contributed by atoms with Crippen molar-refractivity contribution in [2.75, 3.05) is 5.32 Å². The topological polar surface area (TPSA) is 75.6 Å². The molecule has 2 rings (SSSR count). The lowest BCUT2D eigenvalue weighted by Crippen LogP contribution is -2.21. The lowest BCUT2D eigenvalue weighted by molar-refractivity contribution is -0.147. The average Bonchev–Trinajstić information content (AvgIpc) is 2.46. The number of halogens is 2. The second-order valence-electron chi connectivity index (χ2n) is 4.88. The molecule has 0 saturated heterocycles. The number of hydrogen-bond donors (Lipinski definition) is 2. The van der Waals surface area contributed by atoms with E-state index in [0.29, 0.717) is 28.3 Å². The van der Waals surface area contributed by atoms with Crippen molar-refractivity contribution in [1.29, 1.82) is 0 Å². The number of hydrogen-bond acceptors (Lipinski definition) is 3. The largest absolute Gasteiger partial charge is 0.474 e. The minimum atomic E-state index is -1.57. The van der Waals surface area contributed by atoms with Crippen molar-refractivity contribution < 1.29 is 23.8 Å². The zero-order chi connectivity index (χ0) is 17.1. The fourth-order valence-electron chi connectivity index (χ4n) is 2.03. The molecule has 0 fully saturated rings. The van der Waals surface area contributed by atoms with Crippen LogP contribution in [0.25, 0.3) is 0 Å². The molecule has 0 saturated carbocycles. The summed E-state index contributed by atoms with van der Waals surface area (Å²) in [5, 5.41) is 10.8. The minimum absolute atomic E-state index is 0.0526. The number of carboxylic acid groups (broad SMARTS) is 1. The fourth-order valence-corrected chi connectivity index (χ4v) is 2.20. The molecule has 0 aliphatic carbocycles. The predicted octanol–water partition coefficient (Wildman–Crippen LogP) is 3.91. The molecule has 23 heavy (non-hydrogen) atoms. The fraction of sp³-hybridized carbons (Fsp3) is 0.125. The molecule has 0 spiro atoms. The number of rotatable bonds is 3. The maximum atomic E-state index is 13.2. The second-order valence-corrected chi connectivity index (χ2v) is 5.28. The molecule has 0 radical (unpaired) electrons. The maximum absolute atomic E-state index is 13.2. The lowest BCUT2D eigenvalue weighted by Gasteiger charge is -2.14. The quantitative estimate of drug-likeness (QED) is 0.832. The number of amides is 1. The van der Waals surface area contributed by atoms with Crippen LogP contribution in [0.1, 0.15) is 11.1 Å². The monoisotopic (exact) mass is 337 g/mol. The summed E-state index contributed by atoms with van der Waals surface area (Å²) in [5.74, 6) is -2.35. The highest BCUT2D eigenvalue weighted by Crippen LogP contribution is 2.33. The third-order valence-corrected chi connectivity index (χ3v) is 3.31. The minimum Gasteiger partial charge on any atom is -0.474 e. The molecule has 0 aliphatic rings. The highest BCUT2D eigenvalue weighted by atomic mass is 35.5. The summed E-state index contributed by atoms with van der Waals surface area (Å²) in [6.45, 7) is 3.48. The van der Waals surface area contributed by atoms with Gasteiger partial charge in [-0.1, -0.05) is 11.6 Å². The van der Waals surface area contributed by atoms with E-state index in [-0.39, 0.29) is 5.02 Å². The van der Waals surface area contributed by atoms with Gasteiger partial charge in [0.25, 0.3) is 0 Å². The van der Waals surface area contributed by atoms with Crippen molar-refractivity contribution in [3.8, 4) is 11.5 Å². The molecule has 0 aromatic heterocycles. The number of ether oxygens (including phenoxy) is 1. The first-order chi connectivity index (χ1) is 10.8. The standard InChI is InChI=1S/C16H13ClFNO4/c1-8-5-10(19-15(20)16(21)22)6-9(2)14(8)23-11-3-4-13(18)12(17)7-11/h3-7H,1-2H3,(H,19,20)(H,21,22).